The summed E-state index contributed by atoms with van der Waals surface area (Å²) in [6.45, 7) is 3.77. The highest BCUT2D eigenvalue weighted by atomic mass is 79.9. The largest absolute Gasteiger partial charge is 0.311 e. The fourth-order valence-corrected chi connectivity index (χ4v) is 3.24. The molecular formula is C13H19BrN2O3S. The summed E-state index contributed by atoms with van der Waals surface area (Å²) >= 11 is 3.35. The number of rotatable bonds is 7. The summed E-state index contributed by atoms with van der Waals surface area (Å²) in [6, 6.07) is 7.33. The van der Waals surface area contributed by atoms with E-state index >= 15 is 0 Å². The van der Waals surface area contributed by atoms with Crippen LogP contribution in [0.15, 0.2) is 28.7 Å². The molecule has 1 amide bonds. The number of benzene rings is 1. The second kappa shape index (κ2) is 7.75. The van der Waals surface area contributed by atoms with E-state index in [9.17, 15) is 13.2 Å². The molecule has 1 aromatic carbocycles. The van der Waals surface area contributed by atoms with Gasteiger partial charge >= 0.3 is 0 Å². The van der Waals surface area contributed by atoms with E-state index in [0.29, 0.717) is 13.0 Å². The molecule has 0 atom stereocenters. The number of carbonyl (C=O) groups excluding carboxylic acids is 1. The van der Waals surface area contributed by atoms with Crippen molar-refractivity contribution in [2.75, 3.05) is 23.7 Å². The van der Waals surface area contributed by atoms with Crippen molar-refractivity contribution in [3.8, 4) is 0 Å². The first-order valence-corrected chi connectivity index (χ1v) is 8.81. The molecule has 20 heavy (non-hydrogen) atoms. The molecule has 0 unspecified atom stereocenters. The van der Waals surface area contributed by atoms with Gasteiger partial charge in [-0.05, 0) is 24.6 Å². The van der Waals surface area contributed by atoms with Crippen molar-refractivity contribution in [3.05, 3.63) is 28.7 Å². The number of nitrogens with one attached hydrogen (secondary N) is 1. The van der Waals surface area contributed by atoms with E-state index in [2.05, 4.69) is 20.7 Å². The van der Waals surface area contributed by atoms with Gasteiger partial charge in [-0.3, -0.25) is 4.79 Å². The molecule has 5 nitrogen and oxygen atoms in total. The molecule has 0 aliphatic carbocycles. The second-order valence-electron chi connectivity index (χ2n) is 4.36. The summed E-state index contributed by atoms with van der Waals surface area (Å²) < 4.78 is 26.5. The first-order valence-electron chi connectivity index (χ1n) is 6.36. The average Bonchev–Trinajstić information content (AvgIpc) is 2.34. The lowest BCUT2D eigenvalue weighted by molar-refractivity contribution is -0.116. The van der Waals surface area contributed by atoms with Crippen molar-refractivity contribution in [1.82, 2.24) is 4.72 Å². The maximum Gasteiger partial charge on any atom is 0.223 e. The van der Waals surface area contributed by atoms with E-state index in [-0.39, 0.29) is 18.2 Å². The Labute approximate surface area is 128 Å². The van der Waals surface area contributed by atoms with Gasteiger partial charge in [0.25, 0.3) is 0 Å². The molecule has 0 saturated heterocycles. The Balaban J connectivity index is 2.68. The van der Waals surface area contributed by atoms with Crippen LogP contribution < -0.4 is 9.62 Å². The maximum absolute atomic E-state index is 11.7. The maximum atomic E-state index is 11.7. The molecule has 1 N–H and O–H groups in total. The topological polar surface area (TPSA) is 66.5 Å². The molecule has 1 rings (SSSR count). The minimum atomic E-state index is -3.24. The molecule has 0 aromatic heterocycles. The summed E-state index contributed by atoms with van der Waals surface area (Å²) in [4.78, 5) is 13.2. The molecule has 0 bridgehead atoms. The van der Waals surface area contributed by atoms with Crippen molar-refractivity contribution in [1.29, 1.82) is 0 Å². The molecule has 1 aromatic rings. The minimum Gasteiger partial charge on any atom is -0.311 e. The summed E-state index contributed by atoms with van der Waals surface area (Å²) in [5, 5.41) is 0. The van der Waals surface area contributed by atoms with E-state index in [1.165, 1.54) is 6.92 Å². The summed E-state index contributed by atoms with van der Waals surface area (Å²) in [6.07, 6.45) is 0.567. The Morgan fingerprint density at radius 2 is 2.10 bits per heavy atom. The zero-order chi connectivity index (χ0) is 15.2. The van der Waals surface area contributed by atoms with Gasteiger partial charge < -0.3 is 4.90 Å². The third-order valence-electron chi connectivity index (χ3n) is 2.63. The van der Waals surface area contributed by atoms with Crippen molar-refractivity contribution in [2.24, 2.45) is 0 Å². The summed E-state index contributed by atoms with van der Waals surface area (Å²) in [5.41, 5.74) is 0.738. The van der Waals surface area contributed by atoms with Crippen molar-refractivity contribution < 1.29 is 13.2 Å². The van der Waals surface area contributed by atoms with Crippen molar-refractivity contribution in [2.45, 2.75) is 20.3 Å². The predicted octanol–water partition coefficient (Wildman–Crippen LogP) is 2.13. The standard InChI is InChI=1S/C13H19BrN2O3S/c1-3-9-20(18,19)15-7-8-16(11(2)17)13-6-4-5-12(14)10-13/h4-6,10,15H,3,7-9H2,1-2H3. The van der Waals surface area contributed by atoms with Gasteiger partial charge in [0.05, 0.1) is 5.75 Å². The number of carbonyl (C=O) groups is 1. The minimum absolute atomic E-state index is 0.101. The van der Waals surface area contributed by atoms with Crippen LogP contribution in [-0.4, -0.2) is 33.2 Å². The third-order valence-corrected chi connectivity index (χ3v) is 4.71. The Hall–Kier alpha value is -0.920. The molecule has 112 valence electrons. The molecular weight excluding hydrogens is 344 g/mol. The van der Waals surface area contributed by atoms with Crippen molar-refractivity contribution >= 4 is 37.5 Å². The molecule has 0 aliphatic heterocycles. The zero-order valence-corrected chi connectivity index (χ0v) is 14.0. The lowest BCUT2D eigenvalue weighted by Crippen LogP contribution is -2.38. The van der Waals surface area contributed by atoms with Gasteiger partial charge in [0, 0.05) is 30.2 Å². The molecule has 0 saturated carbocycles. The molecule has 0 radical (unpaired) electrons. The van der Waals surface area contributed by atoms with Crippen LogP contribution in [0.1, 0.15) is 20.3 Å². The molecule has 0 spiro atoms. The Kier molecular flexibility index (Phi) is 6.64. The molecule has 7 heteroatoms. The number of anilines is 1. The highest BCUT2D eigenvalue weighted by Gasteiger charge is 2.13. The fraction of sp³-hybridized carbons (Fsp3) is 0.462. The van der Waals surface area contributed by atoms with E-state index in [1.807, 2.05) is 31.2 Å². The van der Waals surface area contributed by atoms with Gasteiger partial charge in [-0.1, -0.05) is 28.9 Å². The van der Waals surface area contributed by atoms with Crippen LogP contribution in [-0.2, 0) is 14.8 Å². The monoisotopic (exact) mass is 362 g/mol. The van der Waals surface area contributed by atoms with Gasteiger partial charge in [-0.2, -0.15) is 0 Å². The lowest BCUT2D eigenvalue weighted by atomic mass is 10.3. The van der Waals surface area contributed by atoms with E-state index < -0.39 is 10.0 Å². The van der Waals surface area contributed by atoms with E-state index in [4.69, 9.17) is 0 Å². The van der Waals surface area contributed by atoms with Crippen LogP contribution >= 0.6 is 15.9 Å². The first kappa shape index (κ1) is 17.1. The van der Waals surface area contributed by atoms with Crippen LogP contribution in [0.4, 0.5) is 5.69 Å². The Morgan fingerprint density at radius 3 is 2.65 bits per heavy atom. The molecule has 0 fully saturated rings. The van der Waals surface area contributed by atoms with E-state index in [1.54, 1.807) is 4.90 Å². The summed E-state index contributed by atoms with van der Waals surface area (Å²) in [5.74, 6) is -0.0259. The number of hydrogen-bond donors (Lipinski definition) is 1. The Morgan fingerprint density at radius 1 is 1.40 bits per heavy atom. The highest BCUT2D eigenvalue weighted by Crippen LogP contribution is 2.19. The molecule has 0 aliphatic rings. The van der Waals surface area contributed by atoms with Crippen LogP contribution in [0, 0.1) is 0 Å². The van der Waals surface area contributed by atoms with Gasteiger partial charge in [0.15, 0.2) is 0 Å². The van der Waals surface area contributed by atoms with Crippen LogP contribution in [0.25, 0.3) is 0 Å². The average molecular weight is 363 g/mol. The predicted molar refractivity (Wildman–Crippen MR) is 84.2 cm³/mol. The number of sulfonamides is 1. The molecule has 0 heterocycles. The van der Waals surface area contributed by atoms with Crippen molar-refractivity contribution in [3.63, 3.8) is 0 Å². The van der Waals surface area contributed by atoms with Crippen LogP contribution in [0.3, 0.4) is 0 Å². The van der Waals surface area contributed by atoms with Gasteiger partial charge in [-0.15, -0.1) is 0 Å². The first-order chi connectivity index (χ1) is 9.35. The fourth-order valence-electron chi connectivity index (χ4n) is 1.77. The number of hydrogen-bond acceptors (Lipinski definition) is 3. The Bertz CT molecular complexity index is 560. The number of amides is 1. The van der Waals surface area contributed by atoms with Gasteiger partial charge in [-0.25, -0.2) is 13.1 Å². The van der Waals surface area contributed by atoms with Crippen LogP contribution in [0.5, 0.6) is 0 Å². The number of nitrogens with zero attached hydrogens (tertiary/aromatic N) is 1. The van der Waals surface area contributed by atoms with E-state index in [0.717, 1.165) is 10.2 Å². The third kappa shape index (κ3) is 5.60. The smallest absolute Gasteiger partial charge is 0.223 e. The van der Waals surface area contributed by atoms with Gasteiger partial charge in [0.2, 0.25) is 15.9 Å². The normalized spacial score (nSPS) is 11.3. The quantitative estimate of drug-likeness (QED) is 0.807. The second-order valence-corrected chi connectivity index (χ2v) is 7.21. The highest BCUT2D eigenvalue weighted by molar-refractivity contribution is 9.10. The number of halogens is 1. The van der Waals surface area contributed by atoms with Crippen LogP contribution in [0.2, 0.25) is 0 Å². The lowest BCUT2D eigenvalue weighted by Gasteiger charge is -2.21. The van der Waals surface area contributed by atoms with Gasteiger partial charge in [0.1, 0.15) is 0 Å². The SMILES string of the molecule is CCCS(=O)(=O)NCCN(C(C)=O)c1cccc(Br)c1. The summed E-state index contributed by atoms with van der Waals surface area (Å²) in [7, 11) is -3.24. The zero-order valence-electron chi connectivity index (χ0n) is 11.6.